The molecule has 4 aliphatic heterocycles. The molecular formula is C58H104N5O24P2+. The van der Waals surface area contributed by atoms with Gasteiger partial charge in [-0.3, -0.25) is 33.3 Å². The smallest absolute Gasteiger partial charge is 0.394 e. The number of likely N-dealkylation sites (tertiary alicyclic amines) is 2. The molecule has 29 nitrogen and oxygen atoms in total. The van der Waals surface area contributed by atoms with Crippen LogP contribution in [0.5, 0.6) is 0 Å². The van der Waals surface area contributed by atoms with Crippen molar-refractivity contribution >= 4 is 51.2 Å². The minimum absolute atomic E-state index is 0.0526. The van der Waals surface area contributed by atoms with Crippen molar-refractivity contribution in [2.45, 2.75) is 235 Å². The van der Waals surface area contributed by atoms with Gasteiger partial charge in [0.25, 0.3) is 0 Å². The molecule has 4 rings (SSSR count). The van der Waals surface area contributed by atoms with Crippen molar-refractivity contribution < 1.29 is 116 Å². The normalized spacial score (nSPS) is 28.3. The second-order valence-corrected chi connectivity index (χ2v) is 26.8. The highest BCUT2D eigenvalue weighted by atomic mass is 31.2. The predicted octanol–water partition coefficient (Wildman–Crippen LogP) is 1.36. The summed E-state index contributed by atoms with van der Waals surface area (Å²) in [6.07, 6.45) is -1.38. The number of aliphatic hydroxyl groups is 8. The van der Waals surface area contributed by atoms with Crippen LogP contribution in [0.2, 0.25) is 0 Å². The number of rotatable bonds is 45. The number of nitrogens with one attached hydrogen (secondary N) is 3. The largest absolute Gasteiger partial charge is 0.697 e. The lowest BCUT2D eigenvalue weighted by molar-refractivity contribution is -0.282. The highest BCUT2D eigenvalue weighted by Gasteiger charge is 2.45. The summed E-state index contributed by atoms with van der Waals surface area (Å²) >= 11 is 0. The van der Waals surface area contributed by atoms with Crippen LogP contribution in [0.25, 0.3) is 0 Å². The summed E-state index contributed by atoms with van der Waals surface area (Å²) in [5.41, 5.74) is 0. The summed E-state index contributed by atoms with van der Waals surface area (Å²) in [4.78, 5) is 80.6. The van der Waals surface area contributed by atoms with E-state index in [4.69, 9.17) is 42.1 Å². The van der Waals surface area contributed by atoms with Crippen molar-refractivity contribution in [3.05, 3.63) is 0 Å². The Morgan fingerprint density at radius 3 is 1.70 bits per heavy atom. The lowest BCUT2D eigenvalue weighted by Crippen LogP contribution is -2.55. The molecule has 0 aromatic heterocycles. The molecule has 17 atom stereocenters. The van der Waals surface area contributed by atoms with Gasteiger partial charge in [0.15, 0.2) is 18.4 Å². The van der Waals surface area contributed by atoms with Crippen molar-refractivity contribution in [1.29, 1.82) is 0 Å². The van der Waals surface area contributed by atoms with Crippen molar-refractivity contribution in [3.8, 4) is 0 Å². The van der Waals surface area contributed by atoms with Gasteiger partial charge < -0.3 is 94.6 Å². The Morgan fingerprint density at radius 2 is 1.12 bits per heavy atom. The van der Waals surface area contributed by atoms with Gasteiger partial charge in [-0.25, -0.2) is 0 Å². The number of carbonyl (C=O) groups excluding carboxylic acids is 6. The average molecular weight is 1320 g/mol. The quantitative estimate of drug-likeness (QED) is 0.0303. The Hall–Kier alpha value is -3.29. The number of carbonyl (C=O) groups is 6. The van der Waals surface area contributed by atoms with Gasteiger partial charge >= 0.3 is 15.9 Å². The average Bonchev–Trinajstić information content (AvgIpc) is 2.34. The SMILES string of the molecule is CC(=O)NCCCCCC(=O)N1C[C@H](O[P+](=O)OC[C@@H]2C[C@@H](O)CN2C(=O)CCCCCCC(=O)[C@H](CCCCNC(=O)CCCCOC2OC(CO)C(O)C(O)C2C)NC(=O)CCCCOC2OC(CO)C(O)C(O)C2C)C[C@H]1COP(C)(=O)OCCO. The van der Waals surface area contributed by atoms with Gasteiger partial charge in [0.2, 0.25) is 29.5 Å². The molecule has 0 spiro atoms. The van der Waals surface area contributed by atoms with E-state index < -0.39 is 120 Å². The number of hydrogen-bond acceptors (Lipinski definition) is 24. The molecule has 5 amide bonds. The van der Waals surface area contributed by atoms with Crippen LogP contribution < -0.4 is 16.0 Å². The van der Waals surface area contributed by atoms with E-state index in [9.17, 15) is 73.6 Å². The number of nitrogens with zero attached hydrogens (tertiary/aromatic N) is 2. The van der Waals surface area contributed by atoms with Crippen LogP contribution in [0.15, 0.2) is 0 Å². The highest BCUT2D eigenvalue weighted by molar-refractivity contribution is 7.52. The molecule has 514 valence electrons. The fraction of sp³-hybridized carbons (Fsp3) is 0.897. The van der Waals surface area contributed by atoms with E-state index >= 15 is 0 Å². The van der Waals surface area contributed by atoms with E-state index in [2.05, 4.69) is 16.0 Å². The molecule has 11 N–H and O–H groups in total. The van der Waals surface area contributed by atoms with Crippen molar-refractivity contribution in [1.82, 2.24) is 25.8 Å². The molecule has 0 aliphatic carbocycles. The second-order valence-electron chi connectivity index (χ2n) is 23.8. The number of ether oxygens (including phenoxy) is 4. The summed E-state index contributed by atoms with van der Waals surface area (Å²) < 4.78 is 70.8. The van der Waals surface area contributed by atoms with E-state index in [1.54, 1.807) is 13.8 Å². The van der Waals surface area contributed by atoms with E-state index in [1.165, 1.54) is 23.4 Å². The zero-order valence-corrected chi connectivity index (χ0v) is 54.2. The van der Waals surface area contributed by atoms with E-state index in [1.807, 2.05) is 0 Å². The third kappa shape index (κ3) is 28.5. The molecule has 89 heavy (non-hydrogen) atoms. The summed E-state index contributed by atoms with van der Waals surface area (Å²) in [6, 6.07) is -1.97. The van der Waals surface area contributed by atoms with Crippen LogP contribution in [-0.4, -0.2) is 251 Å². The number of β-amino-alcohol motifs (C(OH)–C–C–N with tert-alkyl or cyclic N) is 1. The summed E-state index contributed by atoms with van der Waals surface area (Å²) in [7, 11) is -6.32. The lowest BCUT2D eigenvalue weighted by Gasteiger charge is -2.40. The number of unbranched alkanes of at least 4 members (excludes halogenated alkanes) is 8. The predicted molar refractivity (Wildman–Crippen MR) is 319 cm³/mol. The number of ketones is 1. The van der Waals surface area contributed by atoms with Crippen LogP contribution in [0.1, 0.15) is 156 Å². The third-order valence-corrected chi connectivity index (χ3v) is 18.5. The van der Waals surface area contributed by atoms with Crippen LogP contribution in [0.3, 0.4) is 0 Å². The Balaban J connectivity index is 1.19. The van der Waals surface area contributed by atoms with Gasteiger partial charge in [-0.2, -0.15) is 0 Å². The van der Waals surface area contributed by atoms with Crippen LogP contribution in [-0.2, 0) is 74.9 Å². The van der Waals surface area contributed by atoms with E-state index in [0.717, 1.165) is 0 Å². The molecular weight excluding hydrogens is 1210 g/mol. The fourth-order valence-electron chi connectivity index (χ4n) is 11.1. The van der Waals surface area contributed by atoms with Crippen LogP contribution >= 0.6 is 15.9 Å². The maximum Gasteiger partial charge on any atom is 0.697 e. The van der Waals surface area contributed by atoms with E-state index in [-0.39, 0.29) is 133 Å². The van der Waals surface area contributed by atoms with Gasteiger partial charge in [-0.05, 0) is 77.0 Å². The van der Waals surface area contributed by atoms with Crippen molar-refractivity contribution in [2.24, 2.45) is 11.8 Å². The Kier molecular flexibility index (Phi) is 37.0. The topological polar surface area (TPSA) is 415 Å². The first kappa shape index (κ1) is 78.2. The molecule has 4 saturated heterocycles. The molecule has 12 unspecified atom stereocenters. The van der Waals surface area contributed by atoms with Crippen molar-refractivity contribution in [2.75, 3.05) is 85.7 Å². The second kappa shape index (κ2) is 42.1. The Bertz CT molecular complexity index is 2190. The summed E-state index contributed by atoms with van der Waals surface area (Å²) in [6.45, 7) is 5.47. The minimum Gasteiger partial charge on any atom is -0.394 e. The number of amides is 5. The number of aliphatic hydroxyl groups excluding tert-OH is 8. The van der Waals surface area contributed by atoms with Crippen LogP contribution in [0, 0.1) is 11.8 Å². The maximum atomic E-state index is 13.7. The molecule has 0 bridgehead atoms. The monoisotopic (exact) mass is 1320 g/mol. The van der Waals surface area contributed by atoms with E-state index in [0.29, 0.717) is 103 Å². The first-order valence-corrected chi connectivity index (χ1v) is 34.9. The van der Waals surface area contributed by atoms with Gasteiger partial charge in [0, 0.05) is 101 Å². The molecule has 4 heterocycles. The zero-order chi connectivity index (χ0) is 65.5. The molecule has 0 aromatic carbocycles. The number of hydrogen-bond donors (Lipinski definition) is 11. The Labute approximate surface area is 523 Å². The first-order valence-electron chi connectivity index (χ1n) is 31.8. The summed E-state index contributed by atoms with van der Waals surface area (Å²) in [5, 5.41) is 88.0. The highest BCUT2D eigenvalue weighted by Crippen LogP contribution is 2.45. The molecule has 0 saturated carbocycles. The standard InChI is InChI=1S/C58H103N5O24P2/c1-38-53(74)55(76)47(34-65)85-57(38)80-27-16-12-20-49(70)60-25-15-11-18-45(61-50(71)21-13-17-28-81-58-39(2)54(75)56(77)48(35-66)86-58)46(69)19-8-5-6-9-22-51(72)62-32-43(68)30-41(62)36-82-88(78)87-44-31-42(37-84-89(4,79)83-29-26-64)63(33-44)52(73)23-10-7-14-24-59-40(3)67/h38-39,41-45,47-48,53-58,64-66,68,74-77H,5-37H2,1-4H3,(H2-,59,60,61,67,70,71)/p+1/t38?,39?,41-,42-,43+,44+,45-,47?,48?,53?,54?,55?,56?,57?,58?,89?/m0/s1. The lowest BCUT2D eigenvalue weighted by atomic mass is 9.92. The summed E-state index contributed by atoms with van der Waals surface area (Å²) in [5.74, 6) is -2.33. The maximum absolute atomic E-state index is 13.7. The number of Topliss-reactive ketones (excluding diaryl/α,β-unsaturated/α-hetero) is 1. The van der Waals surface area contributed by atoms with Gasteiger partial charge in [-0.15, -0.1) is 9.05 Å². The van der Waals surface area contributed by atoms with Gasteiger partial charge in [0.1, 0.15) is 37.1 Å². The molecule has 4 fully saturated rings. The third-order valence-electron chi connectivity index (χ3n) is 16.4. The molecule has 0 radical (unpaired) electrons. The molecule has 31 heteroatoms. The van der Waals surface area contributed by atoms with Gasteiger partial charge in [-0.1, -0.05) is 33.1 Å². The fourth-order valence-corrected chi connectivity index (χ4v) is 12.8. The van der Waals surface area contributed by atoms with Gasteiger partial charge in [0.05, 0.1) is 76.0 Å². The molecule has 0 aromatic rings. The van der Waals surface area contributed by atoms with Crippen molar-refractivity contribution in [3.63, 3.8) is 0 Å². The molecule has 4 aliphatic rings. The Morgan fingerprint density at radius 1 is 0.607 bits per heavy atom. The zero-order valence-electron chi connectivity index (χ0n) is 52.4. The first-order chi connectivity index (χ1) is 42.5. The van der Waals surface area contributed by atoms with Crippen LogP contribution in [0.4, 0.5) is 0 Å². The minimum atomic E-state index is -3.57.